The van der Waals surface area contributed by atoms with Crippen molar-refractivity contribution in [2.45, 2.75) is 13.0 Å². The first kappa shape index (κ1) is 9.71. The summed E-state index contributed by atoms with van der Waals surface area (Å²) >= 11 is 6.46. The Morgan fingerprint density at radius 2 is 2.21 bits per heavy atom. The van der Waals surface area contributed by atoms with E-state index in [-0.39, 0.29) is 0 Å². The Hall–Kier alpha value is -0.830. The van der Waals surface area contributed by atoms with Crippen LogP contribution in [-0.4, -0.2) is 35.4 Å². The predicted molar refractivity (Wildman–Crippen MR) is 53.3 cm³/mol. The molecule has 0 aliphatic rings. The van der Waals surface area contributed by atoms with Crippen LogP contribution in [0.1, 0.15) is 5.82 Å². The minimum Gasteiger partial charge on any atom is -0.239 e. The lowest BCUT2D eigenvalue weighted by molar-refractivity contribution is 0.584. The van der Waals surface area contributed by atoms with E-state index in [4.69, 9.17) is 0 Å². The molecule has 0 amide bonds. The van der Waals surface area contributed by atoms with E-state index in [2.05, 4.69) is 62.6 Å². The molecule has 74 valence electrons. The largest absolute Gasteiger partial charge is 0.239 e. The zero-order chi connectivity index (χ0) is 9.97. The molecule has 2 aromatic rings. The molecule has 0 unspecified atom stereocenters. The predicted octanol–water partition coefficient (Wildman–Crippen LogP) is 0.559. The van der Waals surface area contributed by atoms with Gasteiger partial charge in [0.05, 0.1) is 6.54 Å². The van der Waals surface area contributed by atoms with Crippen LogP contribution in [0.4, 0.5) is 0 Å². The maximum Gasteiger partial charge on any atom is 0.218 e. The number of rotatable bonds is 3. The van der Waals surface area contributed by atoms with E-state index in [1.54, 1.807) is 4.68 Å². The number of tetrazole rings is 1. The van der Waals surface area contributed by atoms with Crippen LogP contribution >= 0.6 is 31.9 Å². The minimum atomic E-state index is 0.553. The molecule has 0 aliphatic heterocycles. The van der Waals surface area contributed by atoms with Gasteiger partial charge in [0.15, 0.2) is 10.6 Å². The highest BCUT2D eigenvalue weighted by Gasteiger charge is 2.06. The number of aryl methyl sites for hydroxylation is 2. The van der Waals surface area contributed by atoms with Gasteiger partial charge in [-0.15, -0.1) is 15.3 Å². The average Bonchev–Trinajstić information content (AvgIpc) is 2.72. The fourth-order valence-electron chi connectivity index (χ4n) is 0.934. The SMILES string of the molecule is Brc1nc(Br)n(CCc2nn[nH]n2)n1. The van der Waals surface area contributed by atoms with Crippen LogP contribution in [0.25, 0.3) is 0 Å². The summed E-state index contributed by atoms with van der Waals surface area (Å²) < 4.78 is 2.94. The number of halogens is 2. The lowest BCUT2D eigenvalue weighted by Gasteiger charge is -1.97. The number of nitrogens with one attached hydrogen (secondary N) is 1. The molecule has 0 spiro atoms. The molecule has 2 aromatic heterocycles. The van der Waals surface area contributed by atoms with Crippen molar-refractivity contribution in [3.63, 3.8) is 0 Å². The lowest BCUT2D eigenvalue weighted by Crippen LogP contribution is -2.04. The summed E-state index contributed by atoms with van der Waals surface area (Å²) in [4.78, 5) is 4.03. The summed E-state index contributed by atoms with van der Waals surface area (Å²) in [7, 11) is 0. The molecule has 0 atom stereocenters. The third-order valence-electron chi connectivity index (χ3n) is 1.54. The first-order chi connectivity index (χ1) is 6.75. The normalized spacial score (nSPS) is 10.7. The Morgan fingerprint density at radius 1 is 1.36 bits per heavy atom. The molecule has 1 N–H and O–H groups in total. The summed E-state index contributed by atoms with van der Waals surface area (Å²) in [5.41, 5.74) is 0. The maximum atomic E-state index is 4.10. The summed E-state index contributed by atoms with van der Waals surface area (Å²) in [5, 5.41) is 17.6. The Morgan fingerprint density at radius 3 is 2.79 bits per heavy atom. The number of hydrogen-bond donors (Lipinski definition) is 1. The van der Waals surface area contributed by atoms with Crippen LogP contribution < -0.4 is 0 Å². The van der Waals surface area contributed by atoms with Crippen molar-refractivity contribution in [1.29, 1.82) is 0 Å². The van der Waals surface area contributed by atoms with Gasteiger partial charge < -0.3 is 0 Å². The fraction of sp³-hybridized carbons (Fsp3) is 0.400. The highest BCUT2D eigenvalue weighted by atomic mass is 79.9. The second kappa shape index (κ2) is 4.13. The summed E-state index contributed by atoms with van der Waals surface area (Å²) in [5.74, 6) is 0.656. The second-order valence-electron chi connectivity index (χ2n) is 2.45. The third kappa shape index (κ3) is 2.15. The molecule has 0 aromatic carbocycles. The fourth-order valence-corrected chi connectivity index (χ4v) is 1.96. The van der Waals surface area contributed by atoms with Crippen molar-refractivity contribution in [3.05, 3.63) is 15.3 Å². The van der Waals surface area contributed by atoms with E-state index in [0.717, 1.165) is 0 Å². The van der Waals surface area contributed by atoms with Crippen molar-refractivity contribution in [3.8, 4) is 0 Å². The van der Waals surface area contributed by atoms with Crippen LogP contribution in [0.3, 0.4) is 0 Å². The van der Waals surface area contributed by atoms with E-state index in [0.29, 0.717) is 28.3 Å². The smallest absolute Gasteiger partial charge is 0.218 e. The highest BCUT2D eigenvalue weighted by molar-refractivity contribution is 9.11. The number of hydrogen-bond acceptors (Lipinski definition) is 5. The molecule has 0 fully saturated rings. The van der Waals surface area contributed by atoms with Crippen LogP contribution in [0.15, 0.2) is 9.47 Å². The van der Waals surface area contributed by atoms with Crippen molar-refractivity contribution in [2.24, 2.45) is 0 Å². The van der Waals surface area contributed by atoms with Gasteiger partial charge in [-0.25, -0.2) is 4.68 Å². The molecule has 2 rings (SSSR count). The van der Waals surface area contributed by atoms with Crippen LogP contribution in [-0.2, 0) is 13.0 Å². The molecule has 0 bridgehead atoms. The third-order valence-corrected chi connectivity index (χ3v) is 2.46. The topological polar surface area (TPSA) is 85.2 Å². The number of aromatic amines is 1. The van der Waals surface area contributed by atoms with Gasteiger partial charge >= 0.3 is 0 Å². The average molecular weight is 323 g/mol. The monoisotopic (exact) mass is 321 g/mol. The zero-order valence-electron chi connectivity index (χ0n) is 6.85. The molecular weight excluding hydrogens is 318 g/mol. The van der Waals surface area contributed by atoms with E-state index >= 15 is 0 Å². The van der Waals surface area contributed by atoms with Gasteiger partial charge in [-0.3, -0.25) is 0 Å². The summed E-state index contributed by atoms with van der Waals surface area (Å²) in [6, 6.07) is 0. The van der Waals surface area contributed by atoms with E-state index in [1.165, 1.54) is 0 Å². The molecule has 9 heteroatoms. The first-order valence-corrected chi connectivity index (χ1v) is 5.32. The minimum absolute atomic E-state index is 0.553. The van der Waals surface area contributed by atoms with Gasteiger partial charge in [0, 0.05) is 6.42 Å². The van der Waals surface area contributed by atoms with Gasteiger partial charge in [0.1, 0.15) is 0 Å². The zero-order valence-corrected chi connectivity index (χ0v) is 10.0. The first-order valence-electron chi connectivity index (χ1n) is 3.74. The quantitative estimate of drug-likeness (QED) is 0.892. The Balaban J connectivity index is 2.01. The van der Waals surface area contributed by atoms with E-state index in [1.807, 2.05) is 0 Å². The van der Waals surface area contributed by atoms with Crippen molar-refractivity contribution in [2.75, 3.05) is 0 Å². The van der Waals surface area contributed by atoms with Crippen LogP contribution in [0, 0.1) is 0 Å². The van der Waals surface area contributed by atoms with E-state index in [9.17, 15) is 0 Å². The molecule has 2 heterocycles. The van der Waals surface area contributed by atoms with Gasteiger partial charge in [-0.05, 0) is 31.9 Å². The maximum absolute atomic E-state index is 4.10. The number of nitrogens with zero attached hydrogens (tertiary/aromatic N) is 6. The molecular formula is C5H5Br2N7. The molecule has 0 radical (unpaired) electrons. The molecule has 7 nitrogen and oxygen atoms in total. The van der Waals surface area contributed by atoms with Gasteiger partial charge in [0.2, 0.25) is 4.73 Å². The second-order valence-corrected chi connectivity index (χ2v) is 3.87. The highest BCUT2D eigenvalue weighted by Crippen LogP contribution is 2.11. The molecule has 14 heavy (non-hydrogen) atoms. The molecule has 0 aliphatic carbocycles. The van der Waals surface area contributed by atoms with Crippen molar-refractivity contribution < 1.29 is 0 Å². The number of H-pyrrole nitrogens is 1. The molecule has 0 saturated heterocycles. The standard InChI is InChI=1S/C5H5Br2N7/c6-4-8-5(7)14(11-4)2-1-3-9-12-13-10-3/h1-2H2,(H,9,10,12,13). The van der Waals surface area contributed by atoms with Gasteiger partial charge in [-0.2, -0.15) is 10.2 Å². The summed E-state index contributed by atoms with van der Waals surface area (Å²) in [6.07, 6.45) is 0.658. The van der Waals surface area contributed by atoms with Crippen molar-refractivity contribution >= 4 is 31.9 Å². The van der Waals surface area contributed by atoms with Gasteiger partial charge in [0.25, 0.3) is 0 Å². The summed E-state index contributed by atoms with van der Waals surface area (Å²) in [6.45, 7) is 0.652. The van der Waals surface area contributed by atoms with E-state index < -0.39 is 0 Å². The molecule has 0 saturated carbocycles. The van der Waals surface area contributed by atoms with Crippen molar-refractivity contribution in [1.82, 2.24) is 35.4 Å². The Labute approximate surface area is 95.6 Å². The Bertz CT molecular complexity index is 408. The lowest BCUT2D eigenvalue weighted by atomic mass is 10.4. The Kier molecular flexibility index (Phi) is 2.87. The van der Waals surface area contributed by atoms with Crippen LogP contribution in [0.5, 0.6) is 0 Å². The number of aromatic nitrogens is 7. The van der Waals surface area contributed by atoms with Gasteiger partial charge in [-0.1, -0.05) is 5.21 Å². The van der Waals surface area contributed by atoms with Crippen LogP contribution in [0.2, 0.25) is 0 Å².